The number of primary amides is 1. The summed E-state index contributed by atoms with van der Waals surface area (Å²) in [5.41, 5.74) is 6.65. The molecule has 0 aromatic heterocycles. The Bertz CT molecular complexity index is 658. The molecule has 0 aliphatic rings. The van der Waals surface area contributed by atoms with Gasteiger partial charge in [-0.2, -0.15) is 0 Å². The zero-order valence-electron chi connectivity index (χ0n) is 10.4. The third-order valence-electron chi connectivity index (χ3n) is 2.51. The molecular formula is C14H12BrN3O2. The average Bonchev–Trinajstić information content (AvgIpc) is 2.38. The van der Waals surface area contributed by atoms with E-state index in [4.69, 9.17) is 5.73 Å². The van der Waals surface area contributed by atoms with E-state index in [9.17, 15) is 9.59 Å². The zero-order chi connectivity index (χ0) is 14.5. The smallest absolute Gasteiger partial charge is 0.316 e. The number of hydrogen-bond donors (Lipinski definition) is 3. The van der Waals surface area contributed by atoms with Gasteiger partial charge < -0.3 is 16.4 Å². The van der Waals surface area contributed by atoms with E-state index in [1.54, 1.807) is 42.5 Å². The molecule has 2 rings (SSSR count). The quantitative estimate of drug-likeness (QED) is 0.805. The summed E-state index contributed by atoms with van der Waals surface area (Å²) in [4.78, 5) is 22.9. The lowest BCUT2D eigenvalue weighted by molar-refractivity contribution is 0.102. The number of anilines is 2. The van der Waals surface area contributed by atoms with Crippen LogP contribution >= 0.6 is 15.9 Å². The molecule has 0 saturated carbocycles. The van der Waals surface area contributed by atoms with Gasteiger partial charge in [0.25, 0.3) is 5.91 Å². The highest BCUT2D eigenvalue weighted by Gasteiger charge is 2.09. The summed E-state index contributed by atoms with van der Waals surface area (Å²) < 4.78 is 0.712. The van der Waals surface area contributed by atoms with Crippen LogP contribution in [0.4, 0.5) is 16.2 Å². The van der Waals surface area contributed by atoms with Gasteiger partial charge in [-0.3, -0.25) is 4.79 Å². The molecule has 0 saturated heterocycles. The lowest BCUT2D eigenvalue weighted by Crippen LogP contribution is -2.19. The summed E-state index contributed by atoms with van der Waals surface area (Å²) in [5, 5.41) is 5.20. The number of halogens is 1. The van der Waals surface area contributed by atoms with E-state index < -0.39 is 6.03 Å². The van der Waals surface area contributed by atoms with Gasteiger partial charge in [0.1, 0.15) is 0 Å². The Labute approximate surface area is 124 Å². The third kappa shape index (κ3) is 3.58. The number of benzene rings is 2. The molecule has 3 amide bonds. The van der Waals surface area contributed by atoms with Gasteiger partial charge in [-0.15, -0.1) is 0 Å². The third-order valence-corrected chi connectivity index (χ3v) is 3.20. The number of carbonyl (C=O) groups excluding carboxylic acids is 2. The monoisotopic (exact) mass is 333 g/mol. The molecule has 4 N–H and O–H groups in total. The number of nitrogens with two attached hydrogens (primary N) is 1. The Hall–Kier alpha value is -2.34. The number of nitrogens with one attached hydrogen (secondary N) is 2. The lowest BCUT2D eigenvalue weighted by atomic mass is 10.2. The Morgan fingerprint density at radius 1 is 0.950 bits per heavy atom. The summed E-state index contributed by atoms with van der Waals surface area (Å²) >= 11 is 3.32. The first kappa shape index (κ1) is 14.1. The van der Waals surface area contributed by atoms with E-state index in [1.165, 1.54) is 0 Å². The molecule has 2 aromatic rings. The van der Waals surface area contributed by atoms with Crippen LogP contribution in [-0.2, 0) is 0 Å². The molecule has 0 atom stereocenters. The molecule has 2 aromatic carbocycles. The molecule has 0 heterocycles. The van der Waals surface area contributed by atoms with Crippen molar-refractivity contribution in [2.24, 2.45) is 5.73 Å². The van der Waals surface area contributed by atoms with Crippen LogP contribution in [0.5, 0.6) is 0 Å². The average molecular weight is 334 g/mol. The van der Waals surface area contributed by atoms with Crippen molar-refractivity contribution in [2.75, 3.05) is 10.6 Å². The highest BCUT2D eigenvalue weighted by atomic mass is 79.9. The predicted molar refractivity (Wildman–Crippen MR) is 81.7 cm³/mol. The summed E-state index contributed by atoms with van der Waals surface area (Å²) in [7, 11) is 0. The van der Waals surface area contributed by atoms with E-state index in [0.717, 1.165) is 0 Å². The van der Waals surface area contributed by atoms with Gasteiger partial charge in [-0.05, 0) is 46.3 Å². The first-order valence-electron chi connectivity index (χ1n) is 5.78. The van der Waals surface area contributed by atoms with Crippen LogP contribution in [0, 0.1) is 0 Å². The predicted octanol–water partition coefficient (Wildman–Crippen LogP) is 3.19. The second-order valence-electron chi connectivity index (χ2n) is 4.00. The van der Waals surface area contributed by atoms with Gasteiger partial charge in [-0.25, -0.2) is 4.79 Å². The maximum Gasteiger partial charge on any atom is 0.316 e. The zero-order valence-corrected chi connectivity index (χ0v) is 12.0. The van der Waals surface area contributed by atoms with Crippen LogP contribution in [0.3, 0.4) is 0 Å². The second kappa shape index (κ2) is 6.21. The molecule has 0 fully saturated rings. The number of urea groups is 1. The molecule has 6 heteroatoms. The minimum absolute atomic E-state index is 0.242. The van der Waals surface area contributed by atoms with Crippen molar-refractivity contribution in [1.29, 1.82) is 0 Å². The molecule has 0 aliphatic heterocycles. The highest BCUT2D eigenvalue weighted by Crippen LogP contribution is 2.19. The topological polar surface area (TPSA) is 84.2 Å². The van der Waals surface area contributed by atoms with E-state index >= 15 is 0 Å². The van der Waals surface area contributed by atoms with Crippen molar-refractivity contribution in [3.63, 3.8) is 0 Å². The van der Waals surface area contributed by atoms with Crippen LogP contribution < -0.4 is 16.4 Å². The number of carbonyl (C=O) groups is 2. The van der Waals surface area contributed by atoms with Crippen molar-refractivity contribution >= 4 is 39.2 Å². The molecule has 5 nitrogen and oxygen atoms in total. The summed E-state index contributed by atoms with van der Waals surface area (Å²) in [6.07, 6.45) is 0. The normalized spacial score (nSPS) is 9.85. The van der Waals surface area contributed by atoms with Gasteiger partial charge in [0, 0.05) is 15.8 Å². The van der Waals surface area contributed by atoms with Crippen LogP contribution in [0.15, 0.2) is 53.0 Å². The number of rotatable bonds is 3. The molecular weight excluding hydrogens is 322 g/mol. The van der Waals surface area contributed by atoms with Gasteiger partial charge >= 0.3 is 6.03 Å². The van der Waals surface area contributed by atoms with Gasteiger partial charge in [0.2, 0.25) is 0 Å². The molecule has 20 heavy (non-hydrogen) atoms. The Balaban J connectivity index is 2.16. The van der Waals surface area contributed by atoms with Crippen molar-refractivity contribution in [3.05, 3.63) is 58.6 Å². The van der Waals surface area contributed by atoms with Crippen LogP contribution in [0.2, 0.25) is 0 Å². The maximum absolute atomic E-state index is 12.1. The Morgan fingerprint density at radius 2 is 1.60 bits per heavy atom. The molecule has 0 aliphatic carbocycles. The summed E-state index contributed by atoms with van der Waals surface area (Å²) in [6, 6.07) is 13.2. The van der Waals surface area contributed by atoms with E-state index in [2.05, 4.69) is 26.6 Å². The fourth-order valence-corrected chi connectivity index (χ4v) is 2.13. The summed E-state index contributed by atoms with van der Waals surface area (Å²) in [5.74, 6) is -0.242. The number of hydrogen-bond acceptors (Lipinski definition) is 2. The van der Waals surface area contributed by atoms with Crippen molar-refractivity contribution in [3.8, 4) is 0 Å². The van der Waals surface area contributed by atoms with Gasteiger partial charge in [0.15, 0.2) is 0 Å². The van der Waals surface area contributed by atoms with Crippen molar-refractivity contribution < 1.29 is 9.59 Å². The first-order valence-corrected chi connectivity index (χ1v) is 6.58. The van der Waals surface area contributed by atoms with Crippen molar-refractivity contribution in [2.45, 2.75) is 0 Å². The molecule has 0 unspecified atom stereocenters. The maximum atomic E-state index is 12.1. The van der Waals surface area contributed by atoms with Gasteiger partial charge in [-0.1, -0.05) is 18.2 Å². The second-order valence-corrected chi connectivity index (χ2v) is 4.86. The fraction of sp³-hybridized carbons (Fsp3) is 0. The lowest BCUT2D eigenvalue weighted by Gasteiger charge is -2.08. The Kier molecular flexibility index (Phi) is 4.37. The van der Waals surface area contributed by atoms with Gasteiger partial charge in [0.05, 0.1) is 5.56 Å². The minimum Gasteiger partial charge on any atom is -0.351 e. The van der Waals surface area contributed by atoms with E-state index in [-0.39, 0.29) is 5.91 Å². The highest BCUT2D eigenvalue weighted by molar-refractivity contribution is 9.10. The van der Waals surface area contributed by atoms with Crippen molar-refractivity contribution in [1.82, 2.24) is 0 Å². The largest absolute Gasteiger partial charge is 0.351 e. The first-order chi connectivity index (χ1) is 9.56. The fourth-order valence-electron chi connectivity index (χ4n) is 1.66. The Morgan fingerprint density at radius 3 is 2.25 bits per heavy atom. The molecule has 0 radical (unpaired) electrons. The van der Waals surface area contributed by atoms with Crippen LogP contribution in [-0.4, -0.2) is 11.9 Å². The van der Waals surface area contributed by atoms with Crippen LogP contribution in [0.1, 0.15) is 10.4 Å². The minimum atomic E-state index is -0.653. The molecule has 102 valence electrons. The van der Waals surface area contributed by atoms with E-state index in [0.29, 0.717) is 21.4 Å². The SMILES string of the molecule is NC(=O)Nc1cccc(NC(=O)c2ccccc2Br)c1. The standard InChI is InChI=1S/C14H12BrN3O2/c15-12-7-2-1-6-11(12)13(19)17-9-4-3-5-10(8-9)18-14(16)20/h1-8H,(H,17,19)(H3,16,18,20). The van der Waals surface area contributed by atoms with Crippen LogP contribution in [0.25, 0.3) is 0 Å². The molecule has 0 spiro atoms. The number of amides is 3. The van der Waals surface area contributed by atoms with E-state index in [1.807, 2.05) is 6.07 Å². The summed E-state index contributed by atoms with van der Waals surface area (Å²) in [6.45, 7) is 0. The molecule has 0 bridgehead atoms.